The Labute approximate surface area is 328 Å². The van der Waals surface area contributed by atoms with E-state index in [9.17, 15) is 9.59 Å². The van der Waals surface area contributed by atoms with E-state index in [0.717, 1.165) is 45.8 Å². The number of benzene rings is 3. The summed E-state index contributed by atoms with van der Waals surface area (Å²) in [6, 6.07) is 24.4. The quantitative estimate of drug-likeness (QED) is 0.185. The molecule has 4 rings (SSSR count). The number of ether oxygens (including phenoxy) is 2. The third-order valence-electron chi connectivity index (χ3n) is 7.93. The summed E-state index contributed by atoms with van der Waals surface area (Å²) >= 11 is 6.75. The van der Waals surface area contributed by atoms with Crippen molar-refractivity contribution < 1.29 is 28.4 Å². The Morgan fingerprint density at radius 1 is 0.635 bits per heavy atom. The maximum Gasteiger partial charge on any atom is 0.494 e. The molecule has 9 nitrogen and oxygen atoms in total. The zero-order chi connectivity index (χ0) is 39.2. The van der Waals surface area contributed by atoms with Gasteiger partial charge in [0.2, 0.25) is 0 Å². The number of alkyl carbamates (subject to hydrolysis) is 2. The van der Waals surface area contributed by atoms with Gasteiger partial charge in [0.15, 0.2) is 0 Å². The Bertz CT molecular complexity index is 1510. The first-order valence-electron chi connectivity index (χ1n) is 17.7. The van der Waals surface area contributed by atoms with Crippen LogP contribution in [0.15, 0.2) is 81.7 Å². The zero-order valence-corrected chi connectivity index (χ0v) is 35.7. The highest BCUT2D eigenvalue weighted by atomic mass is 79.9. The maximum absolute atomic E-state index is 11.6. The summed E-state index contributed by atoms with van der Waals surface area (Å²) < 4.78 is 24.6. The molecule has 1 heterocycles. The van der Waals surface area contributed by atoms with E-state index >= 15 is 0 Å². The van der Waals surface area contributed by atoms with Gasteiger partial charge in [-0.2, -0.15) is 0 Å². The molecule has 2 amide bonds. The smallest absolute Gasteiger partial charge is 0.444 e. The summed E-state index contributed by atoms with van der Waals surface area (Å²) in [6.45, 7) is 21.1. The van der Waals surface area contributed by atoms with Crippen LogP contribution in [-0.4, -0.2) is 61.3 Å². The predicted octanol–water partition coefficient (Wildman–Crippen LogP) is 8.52. The first-order chi connectivity index (χ1) is 24.1. The van der Waals surface area contributed by atoms with Gasteiger partial charge in [-0.05, 0) is 141 Å². The van der Waals surface area contributed by atoms with Crippen molar-refractivity contribution >= 4 is 56.6 Å². The minimum absolute atomic E-state index is 0.340. The molecule has 3 aromatic carbocycles. The van der Waals surface area contributed by atoms with Crippen LogP contribution in [0.1, 0.15) is 85.9 Å². The summed E-state index contributed by atoms with van der Waals surface area (Å²) in [6.07, 6.45) is 1.75. The largest absolute Gasteiger partial charge is 0.494 e. The molecule has 1 fully saturated rings. The molecule has 0 saturated carbocycles. The molecule has 1 aliphatic rings. The van der Waals surface area contributed by atoms with Crippen molar-refractivity contribution in [3.8, 4) is 0 Å². The third-order valence-corrected chi connectivity index (χ3v) is 8.99. The molecule has 0 radical (unpaired) electrons. The maximum atomic E-state index is 11.6. The van der Waals surface area contributed by atoms with Gasteiger partial charge in [0, 0.05) is 22.0 Å². The number of halogens is 2. The standard InChI is InChI=1S/C19H30BNO4.C13H18BrNO2.C8H10BrN/c1-17(2,3)23-16(22)21-13-12-14-8-10-15(11-9-14)20-24-18(4,5)19(6,7)25-20;1-13(2,3)17-12(16)15-9-8-10-4-6-11(14)7-5-10;9-8-3-1-7(2-4-8)5-6-10/h8-11H,12-13H2,1-7H3,(H,21,22);4-7H,8-9H2,1-3H3,(H,15,16);1-4H,5-6,10H2. The van der Waals surface area contributed by atoms with Gasteiger partial charge < -0.3 is 35.1 Å². The van der Waals surface area contributed by atoms with Crippen LogP contribution in [0.2, 0.25) is 0 Å². The van der Waals surface area contributed by atoms with Gasteiger partial charge in [0.25, 0.3) is 0 Å². The Morgan fingerprint density at radius 2 is 0.962 bits per heavy atom. The van der Waals surface area contributed by atoms with E-state index < -0.39 is 11.2 Å². The van der Waals surface area contributed by atoms with Crippen molar-refractivity contribution in [3.05, 3.63) is 98.4 Å². The van der Waals surface area contributed by atoms with Crippen molar-refractivity contribution in [2.45, 2.75) is 111 Å². The fraction of sp³-hybridized carbons (Fsp3) is 0.500. The average Bonchev–Trinajstić information content (AvgIpc) is 3.25. The van der Waals surface area contributed by atoms with Crippen LogP contribution in [-0.2, 0) is 38.0 Å². The molecule has 0 aliphatic carbocycles. The molecule has 0 atom stereocenters. The number of nitrogens with two attached hydrogens (primary N) is 1. The number of carbonyl (C=O) groups is 2. The van der Waals surface area contributed by atoms with Gasteiger partial charge in [-0.15, -0.1) is 0 Å². The second kappa shape index (κ2) is 20.5. The zero-order valence-electron chi connectivity index (χ0n) is 32.5. The highest BCUT2D eigenvalue weighted by Gasteiger charge is 2.51. The molecule has 0 unspecified atom stereocenters. The van der Waals surface area contributed by atoms with Crippen LogP contribution in [0.25, 0.3) is 0 Å². The number of rotatable bonds is 9. The number of amides is 2. The molecule has 1 aliphatic heterocycles. The van der Waals surface area contributed by atoms with Crippen molar-refractivity contribution in [1.29, 1.82) is 0 Å². The van der Waals surface area contributed by atoms with Crippen LogP contribution in [0, 0.1) is 0 Å². The highest BCUT2D eigenvalue weighted by molar-refractivity contribution is 9.10. The van der Waals surface area contributed by atoms with Crippen LogP contribution < -0.4 is 21.8 Å². The van der Waals surface area contributed by atoms with Crippen LogP contribution >= 0.6 is 31.9 Å². The topological polar surface area (TPSA) is 121 Å². The third kappa shape index (κ3) is 17.8. The lowest BCUT2D eigenvalue weighted by molar-refractivity contribution is 0.00578. The molecule has 0 spiro atoms. The average molecular weight is 848 g/mol. The summed E-state index contributed by atoms with van der Waals surface area (Å²) in [4.78, 5) is 23.0. The van der Waals surface area contributed by atoms with Crippen LogP contribution in [0.5, 0.6) is 0 Å². The van der Waals surface area contributed by atoms with Gasteiger partial charge in [-0.3, -0.25) is 0 Å². The molecule has 1 saturated heterocycles. The van der Waals surface area contributed by atoms with Gasteiger partial charge in [-0.25, -0.2) is 9.59 Å². The Hall–Kier alpha value is -2.90. The minimum atomic E-state index is -0.478. The normalized spacial score (nSPS) is 14.6. The SMILES string of the molecule is CC(C)(C)OC(=O)NCCc1ccc(B2OC(C)(C)C(C)(C)O2)cc1.CC(C)(C)OC(=O)NCCc1ccc(Br)cc1.NCCc1ccc(Br)cc1. The first kappa shape index (κ1) is 45.3. The highest BCUT2D eigenvalue weighted by Crippen LogP contribution is 2.36. The van der Waals surface area contributed by atoms with Crippen LogP contribution in [0.3, 0.4) is 0 Å². The van der Waals surface area contributed by atoms with Crippen molar-refractivity contribution in [3.63, 3.8) is 0 Å². The molecule has 3 aromatic rings. The second-order valence-electron chi connectivity index (χ2n) is 15.5. The van der Waals surface area contributed by atoms with Gasteiger partial charge in [0.05, 0.1) is 11.2 Å². The fourth-order valence-electron chi connectivity index (χ4n) is 4.54. The van der Waals surface area contributed by atoms with E-state index in [4.69, 9.17) is 24.5 Å². The Balaban J connectivity index is 0.000000298. The second-order valence-corrected chi connectivity index (χ2v) is 17.3. The van der Waals surface area contributed by atoms with Crippen molar-refractivity contribution in [1.82, 2.24) is 10.6 Å². The monoisotopic (exact) mass is 845 g/mol. The molecule has 0 aromatic heterocycles. The number of hydrogen-bond acceptors (Lipinski definition) is 7. The van der Waals surface area contributed by atoms with E-state index in [1.54, 1.807) is 0 Å². The molecular weight excluding hydrogens is 789 g/mol. The number of nitrogens with one attached hydrogen (secondary N) is 2. The lowest BCUT2D eigenvalue weighted by atomic mass is 9.79. The van der Waals surface area contributed by atoms with Crippen molar-refractivity contribution in [2.24, 2.45) is 5.73 Å². The fourth-order valence-corrected chi connectivity index (χ4v) is 5.06. The lowest BCUT2D eigenvalue weighted by Crippen LogP contribution is -2.41. The minimum Gasteiger partial charge on any atom is -0.444 e. The molecular formula is C40H58BBr2N3O6. The Kier molecular flexibility index (Phi) is 17.9. The first-order valence-corrected chi connectivity index (χ1v) is 19.2. The van der Waals surface area contributed by atoms with E-state index in [1.807, 2.05) is 130 Å². The Morgan fingerprint density at radius 3 is 1.29 bits per heavy atom. The predicted molar refractivity (Wildman–Crippen MR) is 219 cm³/mol. The molecule has 12 heteroatoms. The van der Waals surface area contributed by atoms with E-state index in [-0.39, 0.29) is 30.5 Å². The summed E-state index contributed by atoms with van der Waals surface area (Å²) in [5.74, 6) is 0. The molecule has 286 valence electrons. The van der Waals surface area contributed by atoms with E-state index in [1.165, 1.54) is 11.1 Å². The molecule has 4 N–H and O–H groups in total. The van der Waals surface area contributed by atoms with Gasteiger partial charge in [-0.1, -0.05) is 80.4 Å². The van der Waals surface area contributed by atoms with Gasteiger partial charge >= 0.3 is 19.3 Å². The van der Waals surface area contributed by atoms with Crippen LogP contribution in [0.4, 0.5) is 9.59 Å². The molecule has 52 heavy (non-hydrogen) atoms. The lowest BCUT2D eigenvalue weighted by Gasteiger charge is -2.32. The summed E-state index contributed by atoms with van der Waals surface area (Å²) in [7, 11) is -0.348. The van der Waals surface area contributed by atoms with Crippen molar-refractivity contribution in [2.75, 3.05) is 19.6 Å². The summed E-state index contributed by atoms with van der Waals surface area (Å²) in [5.41, 5.74) is 8.41. The molecule has 0 bridgehead atoms. The van der Waals surface area contributed by atoms with E-state index in [0.29, 0.717) is 13.1 Å². The summed E-state index contributed by atoms with van der Waals surface area (Å²) in [5, 5.41) is 5.50. The van der Waals surface area contributed by atoms with Gasteiger partial charge in [0.1, 0.15) is 11.2 Å². The number of carbonyl (C=O) groups excluding carboxylic acids is 2. The van der Waals surface area contributed by atoms with E-state index in [2.05, 4.69) is 54.6 Å². The number of hydrogen-bond donors (Lipinski definition) is 3.